The van der Waals surface area contributed by atoms with Crippen molar-refractivity contribution in [2.45, 2.75) is 63.8 Å². The van der Waals surface area contributed by atoms with Crippen LogP contribution in [0.25, 0.3) is 27.8 Å². The Labute approximate surface area is 238 Å². The van der Waals surface area contributed by atoms with Gasteiger partial charge in [0.1, 0.15) is 11.0 Å². The molecule has 1 fully saturated rings. The van der Waals surface area contributed by atoms with Gasteiger partial charge in [0.25, 0.3) is 5.56 Å². The van der Waals surface area contributed by atoms with Crippen molar-refractivity contribution in [3.63, 3.8) is 0 Å². The lowest BCUT2D eigenvalue weighted by Crippen LogP contribution is -2.49. The Kier molecular flexibility index (Phi) is 6.75. The second kappa shape index (κ2) is 10.3. The molecule has 0 atom stereocenters. The van der Waals surface area contributed by atoms with Crippen LogP contribution in [0.4, 0.5) is 11.6 Å². The molecule has 4 heterocycles. The molecule has 5 aromatic rings. The highest BCUT2D eigenvalue weighted by atomic mass is 16.3. The molecule has 10 heteroatoms. The van der Waals surface area contributed by atoms with Gasteiger partial charge in [0.05, 0.1) is 12.2 Å². The molecular weight excluding hydrogens is 516 g/mol. The summed E-state index contributed by atoms with van der Waals surface area (Å²) in [5.74, 6) is 0.827. The van der Waals surface area contributed by atoms with Crippen molar-refractivity contribution in [1.82, 2.24) is 34.2 Å². The zero-order valence-corrected chi connectivity index (χ0v) is 23.8. The van der Waals surface area contributed by atoms with Crippen molar-refractivity contribution < 1.29 is 5.11 Å². The van der Waals surface area contributed by atoms with Gasteiger partial charge >= 0.3 is 0 Å². The monoisotopic (exact) mass is 552 g/mol. The van der Waals surface area contributed by atoms with Crippen LogP contribution in [-0.2, 0) is 18.7 Å². The Bertz CT molecular complexity index is 1800. The Morgan fingerprint density at radius 3 is 2.71 bits per heavy atom. The number of hydrogen-bond donors (Lipinski definition) is 3. The minimum absolute atomic E-state index is 0.244. The molecular formula is C31H36N8O2. The molecule has 0 amide bonds. The number of aromatic nitrogens is 6. The molecule has 41 heavy (non-hydrogen) atoms. The molecule has 0 bridgehead atoms. The van der Waals surface area contributed by atoms with Crippen molar-refractivity contribution in [3.05, 3.63) is 83.6 Å². The third-order valence-electron chi connectivity index (χ3n) is 8.26. The summed E-state index contributed by atoms with van der Waals surface area (Å²) < 4.78 is 5.49. The van der Waals surface area contributed by atoms with Gasteiger partial charge in [0, 0.05) is 41.1 Å². The highest BCUT2D eigenvalue weighted by molar-refractivity contribution is 5.85. The Balaban J connectivity index is 1.33. The quantitative estimate of drug-likeness (QED) is 0.217. The summed E-state index contributed by atoms with van der Waals surface area (Å²) in [6, 6.07) is 13.7. The Morgan fingerprint density at radius 2 is 2.00 bits per heavy atom. The predicted octanol–water partition coefficient (Wildman–Crippen LogP) is 4.62. The highest BCUT2D eigenvalue weighted by Gasteiger charge is 2.34. The summed E-state index contributed by atoms with van der Waals surface area (Å²) in [4.78, 5) is 27.1. The molecule has 0 unspecified atom stereocenters. The molecule has 1 saturated carbocycles. The number of aryl methyl sites for hydroxylation is 1. The molecule has 1 aromatic carbocycles. The van der Waals surface area contributed by atoms with Gasteiger partial charge in [0.15, 0.2) is 11.5 Å². The SMILES string of the molecule is C=CCn1c(=O)c2cnc(Nc3ccc4c(ccn4CCC4(NC)CCC4)c3)nc2n1-c1cccc(C(C)(C)O)n1. The standard InChI is InChI=1S/C31H36N8O2/c1-5-16-38-28(40)23-20-33-29(36-27(23)39(38)26-9-6-8-25(35-26)30(2,3)41)34-22-10-11-24-21(19-22)12-17-37(24)18-15-31(32-4)13-7-14-31/h5-6,8-12,17,19-20,32,41H,1,7,13-16,18H2,2-4H3,(H,33,34,36). The van der Waals surface area contributed by atoms with Crippen molar-refractivity contribution in [2.24, 2.45) is 0 Å². The number of rotatable bonds is 10. The second-order valence-electron chi connectivity index (χ2n) is 11.4. The molecule has 212 valence electrons. The van der Waals surface area contributed by atoms with Crippen molar-refractivity contribution in [3.8, 4) is 5.82 Å². The second-order valence-corrected chi connectivity index (χ2v) is 11.4. The summed E-state index contributed by atoms with van der Waals surface area (Å²) in [5, 5.41) is 18.9. The molecule has 6 rings (SSSR count). The molecule has 1 aliphatic carbocycles. The fraction of sp³-hybridized carbons (Fsp3) is 0.355. The summed E-state index contributed by atoms with van der Waals surface area (Å²) in [5.41, 5.74) is 1.82. The zero-order chi connectivity index (χ0) is 28.8. The Hall–Kier alpha value is -4.28. The molecule has 0 radical (unpaired) electrons. The maximum atomic E-state index is 13.3. The minimum Gasteiger partial charge on any atom is -0.384 e. The summed E-state index contributed by atoms with van der Waals surface area (Å²) in [6.07, 6.45) is 10.2. The van der Waals surface area contributed by atoms with Crippen LogP contribution in [-0.4, -0.2) is 46.6 Å². The number of anilines is 2. The molecule has 10 nitrogen and oxygen atoms in total. The van der Waals surface area contributed by atoms with E-state index in [1.54, 1.807) is 42.8 Å². The van der Waals surface area contributed by atoms with E-state index in [9.17, 15) is 9.90 Å². The smallest absolute Gasteiger partial charge is 0.278 e. The minimum atomic E-state index is -1.15. The van der Waals surface area contributed by atoms with E-state index in [2.05, 4.69) is 63.2 Å². The van der Waals surface area contributed by atoms with Gasteiger partial charge in [-0.25, -0.2) is 19.3 Å². The summed E-state index contributed by atoms with van der Waals surface area (Å²) >= 11 is 0. The first-order chi connectivity index (χ1) is 19.7. The summed E-state index contributed by atoms with van der Waals surface area (Å²) in [6.45, 7) is 8.38. The van der Waals surface area contributed by atoms with Crippen LogP contribution in [0.3, 0.4) is 0 Å². The highest BCUT2D eigenvalue weighted by Crippen LogP contribution is 2.35. The van der Waals surface area contributed by atoms with E-state index in [1.165, 1.54) is 35.7 Å². The van der Waals surface area contributed by atoms with Crippen LogP contribution in [0, 0.1) is 0 Å². The third-order valence-corrected chi connectivity index (χ3v) is 8.26. The fourth-order valence-corrected chi connectivity index (χ4v) is 5.66. The van der Waals surface area contributed by atoms with Crippen LogP contribution in [0.2, 0.25) is 0 Å². The fourth-order valence-electron chi connectivity index (χ4n) is 5.66. The lowest BCUT2D eigenvalue weighted by Gasteiger charge is -2.42. The average molecular weight is 553 g/mol. The van der Waals surface area contributed by atoms with Crippen LogP contribution >= 0.6 is 0 Å². The predicted molar refractivity (Wildman–Crippen MR) is 162 cm³/mol. The van der Waals surface area contributed by atoms with Crippen molar-refractivity contribution >= 4 is 33.6 Å². The van der Waals surface area contributed by atoms with E-state index in [4.69, 9.17) is 4.98 Å². The average Bonchev–Trinajstić information content (AvgIpc) is 3.46. The van der Waals surface area contributed by atoms with Gasteiger partial charge < -0.3 is 20.3 Å². The van der Waals surface area contributed by atoms with E-state index in [-0.39, 0.29) is 17.6 Å². The number of nitrogens with one attached hydrogen (secondary N) is 2. The van der Waals surface area contributed by atoms with Gasteiger partial charge in [-0.15, -0.1) is 6.58 Å². The molecule has 0 aliphatic heterocycles. The number of benzene rings is 1. The van der Waals surface area contributed by atoms with Gasteiger partial charge in [-0.1, -0.05) is 12.1 Å². The van der Waals surface area contributed by atoms with Crippen LogP contribution < -0.4 is 16.2 Å². The van der Waals surface area contributed by atoms with Gasteiger partial charge in [0.2, 0.25) is 5.95 Å². The van der Waals surface area contributed by atoms with E-state index in [0.717, 1.165) is 24.0 Å². The third kappa shape index (κ3) is 4.93. The van der Waals surface area contributed by atoms with Gasteiger partial charge in [-0.2, -0.15) is 4.98 Å². The van der Waals surface area contributed by atoms with E-state index >= 15 is 0 Å². The number of pyridine rings is 1. The van der Waals surface area contributed by atoms with Crippen LogP contribution in [0.5, 0.6) is 0 Å². The van der Waals surface area contributed by atoms with Crippen molar-refractivity contribution in [2.75, 3.05) is 12.4 Å². The number of nitrogens with zero attached hydrogens (tertiary/aromatic N) is 6. The van der Waals surface area contributed by atoms with Crippen LogP contribution in [0.1, 0.15) is 45.2 Å². The molecule has 0 spiro atoms. The lowest BCUT2D eigenvalue weighted by atomic mass is 9.74. The van der Waals surface area contributed by atoms with E-state index < -0.39 is 5.60 Å². The zero-order valence-electron chi connectivity index (χ0n) is 23.8. The van der Waals surface area contributed by atoms with Crippen molar-refractivity contribution in [1.29, 1.82) is 0 Å². The summed E-state index contributed by atoms with van der Waals surface area (Å²) in [7, 11) is 2.07. The first-order valence-electron chi connectivity index (χ1n) is 14.1. The first kappa shape index (κ1) is 26.9. The Morgan fingerprint density at radius 1 is 1.17 bits per heavy atom. The number of fused-ring (bicyclic) bond motifs is 2. The van der Waals surface area contributed by atoms with E-state index in [1.807, 2.05) is 6.07 Å². The first-order valence-corrected chi connectivity index (χ1v) is 14.1. The topological polar surface area (TPSA) is 115 Å². The number of hydrogen-bond acceptors (Lipinski definition) is 7. The normalized spacial score (nSPS) is 14.8. The lowest BCUT2D eigenvalue weighted by molar-refractivity contribution is 0.0738. The van der Waals surface area contributed by atoms with Gasteiger partial charge in [-0.3, -0.25) is 4.79 Å². The number of aliphatic hydroxyl groups is 1. The van der Waals surface area contributed by atoms with Gasteiger partial charge in [-0.05, 0) is 83.0 Å². The largest absolute Gasteiger partial charge is 0.384 e. The number of allylic oxidation sites excluding steroid dienone is 1. The molecule has 1 aliphatic rings. The molecule has 4 aromatic heterocycles. The molecule has 0 saturated heterocycles. The maximum Gasteiger partial charge on any atom is 0.278 e. The maximum absolute atomic E-state index is 13.3. The van der Waals surface area contributed by atoms with E-state index in [0.29, 0.717) is 28.5 Å². The molecule has 3 N–H and O–H groups in total. The van der Waals surface area contributed by atoms with Crippen LogP contribution in [0.15, 0.2) is 72.3 Å².